The molecule has 2 aliphatic rings. The molecule has 746 valence electrons. The van der Waals surface area contributed by atoms with E-state index in [1.165, 1.54) is 24.3 Å². The van der Waals surface area contributed by atoms with E-state index in [1.54, 1.807) is 42.1 Å². The summed E-state index contributed by atoms with van der Waals surface area (Å²) in [5, 5.41) is 99.9. The van der Waals surface area contributed by atoms with Crippen LogP contribution in [0.4, 0.5) is 22.0 Å². The fraction of sp³-hybridized carbons (Fsp3) is 0.172. The molecule has 5 aromatic heterocycles. The first-order valence-electron chi connectivity index (χ1n) is 48.3. The molecule has 0 saturated carbocycles. The van der Waals surface area contributed by atoms with E-state index in [2.05, 4.69) is 77.6 Å². The number of fused-ring (bicyclic) bond motifs is 10. The molecule has 7 heterocycles. The van der Waals surface area contributed by atoms with Gasteiger partial charge in [0.15, 0.2) is 29.1 Å². The average molecular weight is 2010 g/mol. The molecule has 23 rings (SSSR count). The van der Waals surface area contributed by atoms with Gasteiger partial charge in [-0.25, -0.2) is 22.0 Å². The number of nitrogens with zero attached hydrogens (tertiary/aromatic N) is 5. The van der Waals surface area contributed by atoms with Gasteiger partial charge in [0.2, 0.25) is 0 Å². The molecule has 148 heavy (non-hydrogen) atoms. The monoisotopic (exact) mass is 2010 g/mol. The van der Waals surface area contributed by atoms with Crippen LogP contribution in [0.2, 0.25) is 0 Å². The van der Waals surface area contributed by atoms with Gasteiger partial charge in [-0.05, 0) is 195 Å². The van der Waals surface area contributed by atoms with E-state index in [0.717, 1.165) is 138 Å². The van der Waals surface area contributed by atoms with Crippen molar-refractivity contribution in [2.75, 3.05) is 64.7 Å². The summed E-state index contributed by atoms with van der Waals surface area (Å²) in [6.45, 7) is 1.06. The Morgan fingerprint density at radius 3 is 0.851 bits per heavy atom. The summed E-state index contributed by atoms with van der Waals surface area (Å²) in [6.07, 6.45) is 6.55. The highest BCUT2D eigenvalue weighted by molar-refractivity contribution is 7.98. The number of benzene rings is 16. The maximum Gasteiger partial charge on any atom is 0.251 e. The fourth-order valence-electron chi connectivity index (χ4n) is 18.4. The number of aliphatic hydroxyl groups is 4. The van der Waals surface area contributed by atoms with Crippen LogP contribution in [0.25, 0.3) is 165 Å². The van der Waals surface area contributed by atoms with Gasteiger partial charge in [-0.15, -0.1) is 0 Å². The summed E-state index contributed by atoms with van der Waals surface area (Å²) >= 11 is 1.64. The Kier molecular flexibility index (Phi) is 30.9. The first kappa shape index (κ1) is 100.0. The van der Waals surface area contributed by atoms with Crippen LogP contribution in [0.3, 0.4) is 0 Å². The topological polar surface area (TPSA) is 388 Å². The van der Waals surface area contributed by atoms with E-state index in [-0.39, 0.29) is 98.7 Å². The molecule has 16 aromatic carbocycles. The lowest BCUT2D eigenvalue weighted by Gasteiger charge is -2.17. The maximum absolute atomic E-state index is 14.8. The minimum absolute atomic E-state index is 0.0367. The average Bonchev–Trinajstić information content (AvgIpc) is 1.61. The van der Waals surface area contributed by atoms with Crippen LogP contribution in [-0.2, 0) is 9.47 Å². The van der Waals surface area contributed by atoms with Crippen molar-refractivity contribution in [3.8, 4) is 56.3 Å². The molecule has 5 amide bonds. The number of amides is 5. The number of hydrogen-bond donors (Lipinski definition) is 14. The summed E-state index contributed by atoms with van der Waals surface area (Å²) in [4.78, 5) is 63.1. The van der Waals surface area contributed by atoms with Crippen molar-refractivity contribution in [3.05, 3.63) is 366 Å². The zero-order chi connectivity index (χ0) is 102. The maximum atomic E-state index is 14.8. The van der Waals surface area contributed by atoms with Gasteiger partial charge in [0, 0.05) is 109 Å². The normalized spacial score (nSPS) is 13.8. The van der Waals surface area contributed by atoms with Gasteiger partial charge >= 0.3 is 0 Å². The zero-order valence-corrected chi connectivity index (χ0v) is 80.7. The van der Waals surface area contributed by atoms with Gasteiger partial charge in [-0.1, -0.05) is 212 Å². The first-order chi connectivity index (χ1) is 72.2. The van der Waals surface area contributed by atoms with Crippen molar-refractivity contribution in [1.82, 2.24) is 77.6 Å². The van der Waals surface area contributed by atoms with E-state index in [0.29, 0.717) is 74.9 Å². The Hall–Kier alpha value is -16.7. The second-order valence-electron chi connectivity index (χ2n) is 36.1. The number of carbonyl (C=O) groups is 5. The second kappa shape index (κ2) is 45.7. The number of nitrogens with one attached hydrogen (secondary N) is 10. The van der Waals surface area contributed by atoms with Crippen molar-refractivity contribution < 1.29 is 75.8 Å². The third kappa shape index (κ3) is 22.4. The SMILES string of the molecule is CSCC[C@@H](CO)NC(=O)c1cc(F)c2n[nH]c(-c3ccc4ccccc4c3)c2c1.O=C(NC(CO)CO)c1cc(F)c2n[nH]c(-c3ccc4ccccc4c3)c2c1.O=C(NC[C@@H]1CCCO1)c1cc(F)c2n[nH]c(-c3ccc4ccccc4c3)c2c1.O=C(NC[C@H]1CCCO1)c1cc(F)c2n[nH]c(-c3ccc4ccccc4c3)c2c1.O=C(N[C@H](CO)c1ccccc1)c1cc(F)c2n[nH]c(-c3ccc4ccccc4c3)c2c1. The van der Waals surface area contributed by atoms with E-state index in [1.807, 2.05) is 249 Å². The number of rotatable bonds is 25. The number of carbonyl (C=O) groups excluding carboxylic acids is 5. The van der Waals surface area contributed by atoms with Crippen molar-refractivity contribution >= 4 is 150 Å². The third-order valence-corrected chi connectivity index (χ3v) is 26.9. The number of aromatic nitrogens is 10. The second-order valence-corrected chi connectivity index (χ2v) is 37.0. The lowest BCUT2D eigenvalue weighted by Crippen LogP contribution is -2.40. The quantitative estimate of drug-likeness (QED) is 0.0236. The van der Waals surface area contributed by atoms with Crippen LogP contribution in [0, 0.1) is 29.1 Å². The minimum atomic E-state index is -0.810. The lowest BCUT2D eigenvalue weighted by molar-refractivity contribution is 0.0854. The number of aromatic amines is 5. The predicted molar refractivity (Wildman–Crippen MR) is 568 cm³/mol. The largest absolute Gasteiger partial charge is 0.394 e. The van der Waals surface area contributed by atoms with Crippen LogP contribution in [-0.4, -0.2) is 190 Å². The number of halogens is 5. The molecule has 0 unspecified atom stereocenters. The van der Waals surface area contributed by atoms with Crippen molar-refractivity contribution in [2.24, 2.45) is 0 Å². The van der Waals surface area contributed by atoms with E-state index >= 15 is 0 Å². The number of H-pyrrole nitrogens is 5. The summed E-state index contributed by atoms with van der Waals surface area (Å²) in [7, 11) is 0. The smallest absolute Gasteiger partial charge is 0.251 e. The van der Waals surface area contributed by atoms with Crippen LogP contribution in [0.1, 0.15) is 95.5 Å². The van der Waals surface area contributed by atoms with Crippen LogP contribution >= 0.6 is 11.8 Å². The molecule has 0 bridgehead atoms. The van der Waals surface area contributed by atoms with Crippen LogP contribution < -0.4 is 26.6 Å². The number of hydrogen-bond acceptors (Lipinski definition) is 17. The Morgan fingerprint density at radius 1 is 0.324 bits per heavy atom. The highest BCUT2D eigenvalue weighted by Crippen LogP contribution is 2.39. The number of ether oxygens (including phenoxy) is 2. The first-order valence-corrected chi connectivity index (χ1v) is 49.7. The molecule has 0 spiro atoms. The van der Waals surface area contributed by atoms with Crippen molar-refractivity contribution in [3.63, 3.8) is 0 Å². The van der Waals surface area contributed by atoms with Gasteiger partial charge in [0.1, 0.15) is 27.6 Å². The highest BCUT2D eigenvalue weighted by Gasteiger charge is 2.28. The van der Waals surface area contributed by atoms with Gasteiger partial charge in [0.05, 0.1) is 85.2 Å². The molecular formula is C116H100F5N15O11S. The molecule has 2 aliphatic heterocycles. The van der Waals surface area contributed by atoms with E-state index in [9.17, 15) is 56.1 Å². The molecule has 4 atom stereocenters. The van der Waals surface area contributed by atoms with Crippen LogP contribution in [0.15, 0.2) is 303 Å². The molecule has 32 heteroatoms. The predicted octanol–water partition coefficient (Wildman–Crippen LogP) is 20.8. The molecule has 0 aliphatic carbocycles. The molecule has 21 aromatic rings. The summed E-state index contributed by atoms with van der Waals surface area (Å²) in [5.74, 6) is -4.11. The molecular weight excluding hydrogens is 1910 g/mol. The Bertz CT molecular complexity index is 8310. The van der Waals surface area contributed by atoms with E-state index in [4.69, 9.17) is 19.7 Å². The summed E-state index contributed by atoms with van der Waals surface area (Å²) in [6, 6.07) is 91.2. The van der Waals surface area contributed by atoms with Crippen molar-refractivity contribution in [1.29, 1.82) is 0 Å². The zero-order valence-electron chi connectivity index (χ0n) is 79.8. The van der Waals surface area contributed by atoms with E-state index < -0.39 is 72.1 Å². The van der Waals surface area contributed by atoms with Crippen LogP contribution in [0.5, 0.6) is 0 Å². The molecule has 26 nitrogen and oxygen atoms in total. The number of thioether (sulfide) groups is 1. The van der Waals surface area contributed by atoms with Gasteiger partial charge in [0.25, 0.3) is 29.5 Å². The number of aliphatic hydroxyl groups excluding tert-OH is 4. The summed E-state index contributed by atoms with van der Waals surface area (Å²) < 4.78 is 84.4. The Labute approximate surface area is 847 Å². The Balaban J connectivity index is 0.000000116. The molecule has 0 radical (unpaired) electrons. The minimum Gasteiger partial charge on any atom is -0.394 e. The Morgan fingerprint density at radius 2 is 0.588 bits per heavy atom. The lowest BCUT2D eigenvalue weighted by atomic mass is 10.0. The van der Waals surface area contributed by atoms with Crippen molar-refractivity contribution in [2.45, 2.75) is 62.4 Å². The van der Waals surface area contributed by atoms with Gasteiger partial charge < -0.3 is 56.5 Å². The molecule has 14 N–H and O–H groups in total. The van der Waals surface area contributed by atoms with Gasteiger partial charge in [-0.2, -0.15) is 37.3 Å². The summed E-state index contributed by atoms with van der Waals surface area (Å²) in [5.41, 5.74) is 10.3. The molecule has 2 fully saturated rings. The van der Waals surface area contributed by atoms with Gasteiger partial charge in [-0.3, -0.25) is 49.5 Å². The standard InChI is InChI=1S/C26H20FN3O2.C23H22FN3O2S.2C23H20FN3O2.C21H18FN3O3/c27-22-14-20(26(32)28-23(15-31)17-7-2-1-3-8-17)13-21-24(29-30-25(21)22)19-11-10-16-6-4-5-9-18(16)12-19;1-30-9-8-18(13-28)25-23(29)17-11-19-21(26-27-22(19)20(24)12-17)16-7-6-14-4-2-3-5-15(14)10-16;2*24-20-12-17(23(28)25-13-18-6-3-9-29-18)11-19-21(26-27-22(19)20)16-8-7-14-4-1-2-5-15(14)10-16;22-18-9-15(21(28)23-16(10-26)11-27)8-17-19(24-25-20(17)18)14-6-5-12-3-1-2-4-13(12)7-14/h1-14,23,31H,15H2,(H,28,32)(H,29,30);2-7,10-12,18,28H,8-9,13H2,1H3,(H,25,29)(H,26,27);2*1-2,4-5,7-8,10-12,18H,3,6,9,13H2,(H,25,28)(H,26,27);1-9,16,26-27H,10-11H2,(H,23,28)(H,24,25)/t23-;3*18-;/m1010./s1. The molecule has 2 saturated heterocycles. The third-order valence-electron chi connectivity index (χ3n) is 26.3. The fourth-order valence-corrected chi connectivity index (χ4v) is 18.9. The highest BCUT2D eigenvalue weighted by atomic mass is 32.2.